The fourth-order valence-corrected chi connectivity index (χ4v) is 2.73. The lowest BCUT2D eigenvalue weighted by Gasteiger charge is -2.35. The van der Waals surface area contributed by atoms with E-state index < -0.39 is 0 Å². The van der Waals surface area contributed by atoms with Crippen molar-refractivity contribution in [3.05, 3.63) is 24.3 Å². The smallest absolute Gasteiger partial charge is 0.203 e. The number of para-hydroxylation sites is 2. The molecule has 1 N–H and O–H groups in total. The number of fused-ring (bicyclic) bond motifs is 1. The van der Waals surface area contributed by atoms with E-state index in [1.165, 1.54) is 19.4 Å². The number of benzene rings is 1. The van der Waals surface area contributed by atoms with Crippen LogP contribution in [0.4, 0.5) is 5.95 Å². The van der Waals surface area contributed by atoms with Gasteiger partial charge in [0, 0.05) is 19.6 Å². The predicted octanol–water partition coefficient (Wildman–Crippen LogP) is 2.09. The lowest BCUT2D eigenvalue weighted by atomic mass is 10.1. The van der Waals surface area contributed by atoms with E-state index in [4.69, 9.17) is 0 Å². The van der Waals surface area contributed by atoms with Crippen molar-refractivity contribution < 1.29 is 0 Å². The molecule has 1 saturated heterocycles. The number of nitrogens with zero attached hydrogens (tertiary/aromatic N) is 3. The maximum Gasteiger partial charge on any atom is 0.203 e. The Morgan fingerprint density at radius 3 is 3.00 bits per heavy atom. The molecular weight excluding hydrogens is 224 g/mol. The molecule has 4 heteroatoms. The van der Waals surface area contributed by atoms with Crippen molar-refractivity contribution in [1.29, 1.82) is 0 Å². The maximum atomic E-state index is 4.66. The van der Waals surface area contributed by atoms with Gasteiger partial charge in [-0.2, -0.15) is 0 Å². The zero-order chi connectivity index (χ0) is 12.5. The number of anilines is 1. The molecule has 0 saturated carbocycles. The molecule has 0 amide bonds. The quantitative estimate of drug-likeness (QED) is 0.878. The Labute approximate surface area is 108 Å². The SMILES string of the molecule is CN1CCCC(N(C)c2nc3ccccc3[nH]2)C1. The molecule has 96 valence electrons. The van der Waals surface area contributed by atoms with Crippen LogP contribution >= 0.6 is 0 Å². The van der Waals surface area contributed by atoms with Crippen LogP contribution < -0.4 is 4.90 Å². The summed E-state index contributed by atoms with van der Waals surface area (Å²) in [6.07, 6.45) is 2.52. The summed E-state index contributed by atoms with van der Waals surface area (Å²) in [5, 5.41) is 0. The summed E-state index contributed by atoms with van der Waals surface area (Å²) in [6, 6.07) is 8.76. The largest absolute Gasteiger partial charge is 0.341 e. The molecule has 0 radical (unpaired) electrons. The number of rotatable bonds is 2. The number of aromatic amines is 1. The van der Waals surface area contributed by atoms with E-state index in [0.717, 1.165) is 23.5 Å². The third-order valence-electron chi connectivity index (χ3n) is 3.86. The first kappa shape index (κ1) is 11.5. The predicted molar refractivity (Wildman–Crippen MR) is 75.0 cm³/mol. The Morgan fingerprint density at radius 1 is 1.39 bits per heavy atom. The van der Waals surface area contributed by atoms with Crippen molar-refractivity contribution in [2.24, 2.45) is 0 Å². The van der Waals surface area contributed by atoms with Gasteiger partial charge in [0.1, 0.15) is 0 Å². The molecule has 1 aliphatic heterocycles. The van der Waals surface area contributed by atoms with Gasteiger partial charge in [-0.05, 0) is 38.6 Å². The molecule has 18 heavy (non-hydrogen) atoms. The number of nitrogens with one attached hydrogen (secondary N) is 1. The Hall–Kier alpha value is -1.55. The van der Waals surface area contributed by atoms with Gasteiger partial charge in [-0.15, -0.1) is 0 Å². The third-order valence-corrected chi connectivity index (χ3v) is 3.86. The molecule has 0 spiro atoms. The van der Waals surface area contributed by atoms with Crippen molar-refractivity contribution in [2.45, 2.75) is 18.9 Å². The highest BCUT2D eigenvalue weighted by atomic mass is 15.3. The first-order valence-corrected chi connectivity index (χ1v) is 6.60. The van der Waals surface area contributed by atoms with Gasteiger partial charge in [-0.3, -0.25) is 0 Å². The van der Waals surface area contributed by atoms with Crippen LogP contribution in [-0.2, 0) is 0 Å². The number of likely N-dealkylation sites (tertiary alicyclic amines) is 1. The number of H-pyrrole nitrogens is 1. The van der Waals surface area contributed by atoms with Gasteiger partial charge >= 0.3 is 0 Å². The summed E-state index contributed by atoms with van der Waals surface area (Å²) < 4.78 is 0. The van der Waals surface area contributed by atoms with Crippen LogP contribution in [0.2, 0.25) is 0 Å². The number of piperidine rings is 1. The number of imidazole rings is 1. The van der Waals surface area contributed by atoms with E-state index >= 15 is 0 Å². The normalized spacial score (nSPS) is 21.3. The average molecular weight is 244 g/mol. The van der Waals surface area contributed by atoms with Gasteiger partial charge < -0.3 is 14.8 Å². The van der Waals surface area contributed by atoms with Gasteiger partial charge in [0.15, 0.2) is 0 Å². The van der Waals surface area contributed by atoms with E-state index in [-0.39, 0.29) is 0 Å². The Balaban J connectivity index is 1.84. The summed E-state index contributed by atoms with van der Waals surface area (Å²) in [7, 11) is 4.33. The Kier molecular flexibility index (Phi) is 2.96. The lowest BCUT2D eigenvalue weighted by molar-refractivity contribution is 0.247. The van der Waals surface area contributed by atoms with Crippen LogP contribution in [0, 0.1) is 0 Å². The first-order valence-electron chi connectivity index (χ1n) is 6.60. The molecule has 0 aliphatic carbocycles. The fourth-order valence-electron chi connectivity index (χ4n) is 2.73. The molecule has 1 aromatic carbocycles. The van der Waals surface area contributed by atoms with Gasteiger partial charge in [0.25, 0.3) is 0 Å². The highest BCUT2D eigenvalue weighted by molar-refractivity contribution is 5.77. The molecule has 3 rings (SSSR count). The summed E-state index contributed by atoms with van der Waals surface area (Å²) in [6.45, 7) is 2.33. The van der Waals surface area contributed by atoms with E-state index in [2.05, 4.69) is 46.0 Å². The highest BCUT2D eigenvalue weighted by Gasteiger charge is 2.22. The van der Waals surface area contributed by atoms with Gasteiger partial charge in [-0.25, -0.2) is 4.98 Å². The number of hydrogen-bond acceptors (Lipinski definition) is 3. The van der Waals surface area contributed by atoms with E-state index in [1.807, 2.05) is 12.1 Å². The van der Waals surface area contributed by atoms with Crippen LogP contribution in [0.15, 0.2) is 24.3 Å². The minimum absolute atomic E-state index is 0.560. The number of hydrogen-bond donors (Lipinski definition) is 1. The fraction of sp³-hybridized carbons (Fsp3) is 0.500. The molecule has 2 heterocycles. The second kappa shape index (κ2) is 4.61. The second-order valence-corrected chi connectivity index (χ2v) is 5.25. The summed E-state index contributed by atoms with van der Waals surface area (Å²) in [5.74, 6) is 0.983. The van der Waals surface area contributed by atoms with Gasteiger partial charge in [-0.1, -0.05) is 12.1 Å². The van der Waals surface area contributed by atoms with Crippen molar-refractivity contribution in [2.75, 3.05) is 32.1 Å². The number of likely N-dealkylation sites (N-methyl/N-ethyl adjacent to an activating group) is 2. The summed E-state index contributed by atoms with van der Waals surface area (Å²) in [4.78, 5) is 12.8. The zero-order valence-corrected chi connectivity index (χ0v) is 11.1. The van der Waals surface area contributed by atoms with Gasteiger partial charge in [0.05, 0.1) is 11.0 Å². The van der Waals surface area contributed by atoms with Crippen LogP contribution in [0.5, 0.6) is 0 Å². The molecule has 1 aromatic heterocycles. The standard InChI is InChI=1S/C14H20N4/c1-17-9-5-6-11(10-17)18(2)14-15-12-7-3-4-8-13(12)16-14/h3-4,7-8,11H,5-6,9-10H2,1-2H3,(H,15,16). The topological polar surface area (TPSA) is 35.2 Å². The molecule has 2 aromatic rings. The number of aromatic nitrogens is 2. The minimum Gasteiger partial charge on any atom is -0.341 e. The monoisotopic (exact) mass is 244 g/mol. The average Bonchev–Trinajstić information content (AvgIpc) is 2.81. The minimum atomic E-state index is 0.560. The maximum absolute atomic E-state index is 4.66. The highest BCUT2D eigenvalue weighted by Crippen LogP contribution is 2.21. The molecule has 4 nitrogen and oxygen atoms in total. The van der Waals surface area contributed by atoms with Crippen molar-refractivity contribution in [3.8, 4) is 0 Å². The third kappa shape index (κ3) is 2.08. The summed E-state index contributed by atoms with van der Waals surface area (Å²) in [5.41, 5.74) is 2.16. The Morgan fingerprint density at radius 2 is 2.22 bits per heavy atom. The van der Waals surface area contributed by atoms with Crippen LogP contribution in [0.1, 0.15) is 12.8 Å². The molecular formula is C14H20N4. The van der Waals surface area contributed by atoms with Crippen LogP contribution in [0.3, 0.4) is 0 Å². The Bertz CT molecular complexity index is 500. The second-order valence-electron chi connectivity index (χ2n) is 5.25. The van der Waals surface area contributed by atoms with E-state index in [9.17, 15) is 0 Å². The zero-order valence-electron chi connectivity index (χ0n) is 11.1. The molecule has 0 bridgehead atoms. The molecule has 1 atom stereocenters. The lowest BCUT2D eigenvalue weighted by Crippen LogP contribution is -2.45. The van der Waals surface area contributed by atoms with E-state index in [0.29, 0.717) is 6.04 Å². The first-order chi connectivity index (χ1) is 8.74. The van der Waals surface area contributed by atoms with Gasteiger partial charge in [0.2, 0.25) is 5.95 Å². The van der Waals surface area contributed by atoms with Crippen molar-refractivity contribution >= 4 is 17.0 Å². The molecule has 1 fully saturated rings. The van der Waals surface area contributed by atoms with Crippen LogP contribution in [0.25, 0.3) is 11.0 Å². The molecule has 1 unspecified atom stereocenters. The van der Waals surface area contributed by atoms with Crippen LogP contribution in [-0.4, -0.2) is 48.1 Å². The van der Waals surface area contributed by atoms with Crippen molar-refractivity contribution in [1.82, 2.24) is 14.9 Å². The van der Waals surface area contributed by atoms with Crippen molar-refractivity contribution in [3.63, 3.8) is 0 Å². The summed E-state index contributed by atoms with van der Waals surface area (Å²) >= 11 is 0. The molecule has 1 aliphatic rings. The van der Waals surface area contributed by atoms with E-state index in [1.54, 1.807) is 0 Å².